The van der Waals surface area contributed by atoms with Crippen molar-refractivity contribution in [1.29, 1.82) is 0 Å². The first-order valence-corrected chi connectivity index (χ1v) is 10.8. The van der Waals surface area contributed by atoms with E-state index >= 15 is 0 Å². The van der Waals surface area contributed by atoms with Gasteiger partial charge in [-0.3, -0.25) is 9.59 Å². The maximum Gasteiger partial charge on any atom is 0.296 e. The van der Waals surface area contributed by atoms with Gasteiger partial charge in [-0.05, 0) is 18.6 Å². The molecule has 1 spiro atoms. The molecule has 2 heterocycles. The molecule has 0 radical (unpaired) electrons. The molecule has 31 heavy (non-hydrogen) atoms. The SMILES string of the molecule is CCCCN1C(=O)C(=O)C2=C(c3ccc(Br)cc3)O[C@]3(O)c4ccccc4C(O)(O)[C@@]213. The van der Waals surface area contributed by atoms with Crippen molar-refractivity contribution in [2.45, 2.75) is 36.9 Å². The molecule has 8 heteroatoms. The van der Waals surface area contributed by atoms with Gasteiger partial charge in [0.2, 0.25) is 11.3 Å². The summed E-state index contributed by atoms with van der Waals surface area (Å²) in [5, 5.41) is 34.9. The molecule has 1 amide bonds. The number of halogens is 1. The summed E-state index contributed by atoms with van der Waals surface area (Å²) in [5.74, 6) is -6.93. The minimum absolute atomic E-state index is 0.00569. The Labute approximate surface area is 186 Å². The molecule has 3 N–H and O–H groups in total. The molecule has 3 aliphatic rings. The topological polar surface area (TPSA) is 107 Å². The van der Waals surface area contributed by atoms with Crippen LogP contribution in [0, 0.1) is 0 Å². The van der Waals surface area contributed by atoms with Gasteiger partial charge in [-0.1, -0.05) is 65.7 Å². The molecule has 1 aliphatic carbocycles. The Morgan fingerprint density at radius 3 is 2.29 bits per heavy atom. The van der Waals surface area contributed by atoms with Gasteiger partial charge in [0.15, 0.2) is 0 Å². The molecule has 160 valence electrons. The zero-order valence-corrected chi connectivity index (χ0v) is 18.2. The van der Waals surface area contributed by atoms with Gasteiger partial charge in [0.05, 0.1) is 5.57 Å². The fourth-order valence-corrected chi connectivity index (χ4v) is 5.35. The van der Waals surface area contributed by atoms with Gasteiger partial charge in [0.1, 0.15) is 5.76 Å². The molecule has 2 aromatic rings. The lowest BCUT2D eigenvalue weighted by molar-refractivity contribution is -0.312. The average Bonchev–Trinajstić information content (AvgIpc) is 3.22. The van der Waals surface area contributed by atoms with E-state index < -0.39 is 28.8 Å². The lowest BCUT2D eigenvalue weighted by Gasteiger charge is -2.45. The number of Topliss-reactive ketones (excluding diaryl/α,β-unsaturated/α-hetero) is 1. The van der Waals surface area contributed by atoms with Gasteiger partial charge in [0.25, 0.3) is 17.5 Å². The summed E-state index contributed by atoms with van der Waals surface area (Å²) in [6, 6.07) is 13.0. The zero-order chi connectivity index (χ0) is 22.2. The molecule has 7 nitrogen and oxygen atoms in total. The van der Waals surface area contributed by atoms with E-state index in [1.165, 1.54) is 12.1 Å². The van der Waals surface area contributed by atoms with Crippen LogP contribution in [-0.2, 0) is 25.9 Å². The molecule has 0 aromatic heterocycles. The molecular weight excluding hydrogens is 466 g/mol. The number of nitrogens with zero attached hydrogens (tertiary/aromatic N) is 1. The number of ketones is 1. The first-order valence-electron chi connectivity index (χ1n) is 10.0. The first kappa shape index (κ1) is 20.4. The van der Waals surface area contributed by atoms with E-state index in [-0.39, 0.29) is 29.0 Å². The summed E-state index contributed by atoms with van der Waals surface area (Å²) in [6.45, 7) is 1.97. The van der Waals surface area contributed by atoms with Gasteiger partial charge in [0, 0.05) is 27.7 Å². The number of unbranched alkanes of at least 4 members (excludes halogenated alkanes) is 1. The van der Waals surface area contributed by atoms with Crippen molar-refractivity contribution in [3.63, 3.8) is 0 Å². The second kappa shape index (κ2) is 6.49. The van der Waals surface area contributed by atoms with Gasteiger partial charge in [-0.15, -0.1) is 0 Å². The van der Waals surface area contributed by atoms with Crippen molar-refractivity contribution in [3.05, 3.63) is 75.3 Å². The lowest BCUT2D eigenvalue weighted by atomic mass is 9.78. The predicted molar refractivity (Wildman–Crippen MR) is 113 cm³/mol. The van der Waals surface area contributed by atoms with Gasteiger partial charge >= 0.3 is 0 Å². The smallest absolute Gasteiger partial charge is 0.296 e. The molecule has 0 unspecified atom stereocenters. The molecule has 2 aliphatic heterocycles. The molecular formula is C23H20BrNO6. The zero-order valence-electron chi connectivity index (χ0n) is 16.6. The summed E-state index contributed by atoms with van der Waals surface area (Å²) < 4.78 is 6.82. The maximum atomic E-state index is 13.3. The number of likely N-dealkylation sites (tertiary alicyclic amines) is 1. The second-order valence-electron chi connectivity index (χ2n) is 8.02. The summed E-state index contributed by atoms with van der Waals surface area (Å²) in [6.07, 6.45) is 1.20. The van der Waals surface area contributed by atoms with Crippen LogP contribution in [0.3, 0.4) is 0 Å². The van der Waals surface area contributed by atoms with E-state index in [9.17, 15) is 24.9 Å². The maximum absolute atomic E-state index is 13.3. The summed E-state index contributed by atoms with van der Waals surface area (Å²) in [7, 11) is 0. The average molecular weight is 486 g/mol. The van der Waals surface area contributed by atoms with Crippen LogP contribution in [0.4, 0.5) is 0 Å². The molecule has 0 bridgehead atoms. The molecule has 2 atom stereocenters. The summed E-state index contributed by atoms with van der Waals surface area (Å²) >= 11 is 3.35. The van der Waals surface area contributed by atoms with E-state index in [0.29, 0.717) is 18.4 Å². The molecule has 5 rings (SSSR count). The van der Waals surface area contributed by atoms with Crippen LogP contribution in [0.5, 0.6) is 0 Å². The number of carbonyl (C=O) groups excluding carboxylic acids is 2. The van der Waals surface area contributed by atoms with Crippen LogP contribution in [0.15, 0.2) is 58.6 Å². The van der Waals surface area contributed by atoms with Crippen LogP contribution in [0.2, 0.25) is 0 Å². The fourth-order valence-electron chi connectivity index (χ4n) is 5.09. The van der Waals surface area contributed by atoms with Gasteiger partial charge in [-0.2, -0.15) is 0 Å². The summed E-state index contributed by atoms with van der Waals surface area (Å²) in [5.41, 5.74) is -1.91. The highest BCUT2D eigenvalue weighted by Gasteiger charge is 2.84. The van der Waals surface area contributed by atoms with Crippen molar-refractivity contribution in [2.75, 3.05) is 6.54 Å². The number of hydrogen-bond donors (Lipinski definition) is 3. The van der Waals surface area contributed by atoms with Crippen LogP contribution in [0.1, 0.15) is 36.5 Å². The van der Waals surface area contributed by atoms with Crippen LogP contribution in [0.25, 0.3) is 5.76 Å². The van der Waals surface area contributed by atoms with Crippen LogP contribution in [-0.4, -0.2) is 44.0 Å². The van der Waals surface area contributed by atoms with Crippen molar-refractivity contribution in [2.24, 2.45) is 0 Å². The van der Waals surface area contributed by atoms with E-state index in [4.69, 9.17) is 4.74 Å². The number of hydrogen-bond acceptors (Lipinski definition) is 6. The Bertz CT molecular complexity index is 1160. The van der Waals surface area contributed by atoms with Gasteiger partial charge in [-0.25, -0.2) is 0 Å². The second-order valence-corrected chi connectivity index (χ2v) is 8.94. The third-order valence-electron chi connectivity index (χ3n) is 6.41. The highest BCUT2D eigenvalue weighted by Crippen LogP contribution is 2.67. The van der Waals surface area contributed by atoms with Crippen LogP contribution < -0.4 is 0 Å². The number of benzene rings is 2. The normalized spacial score (nSPS) is 28.0. The van der Waals surface area contributed by atoms with Gasteiger partial charge < -0.3 is 25.0 Å². The Kier molecular flexibility index (Phi) is 4.27. The Morgan fingerprint density at radius 1 is 1.00 bits per heavy atom. The molecule has 1 fully saturated rings. The molecule has 0 saturated carbocycles. The first-order chi connectivity index (χ1) is 14.7. The van der Waals surface area contributed by atoms with Crippen molar-refractivity contribution in [3.8, 4) is 0 Å². The van der Waals surface area contributed by atoms with Crippen LogP contribution >= 0.6 is 15.9 Å². The number of amides is 1. The highest BCUT2D eigenvalue weighted by atomic mass is 79.9. The van der Waals surface area contributed by atoms with E-state index in [1.807, 2.05) is 6.92 Å². The standard InChI is InChI=1S/C23H20BrNO6/c1-2-3-12-25-20(27)18(26)17-19(13-8-10-14(24)11-9-13)31-23(30)16-7-5-4-6-15(16)22(28,29)21(17,23)25/h4-11,28-30H,2-3,12H2,1H3/t21-,23-/m1/s1. The third-order valence-corrected chi connectivity index (χ3v) is 6.94. The largest absolute Gasteiger partial charge is 0.454 e. The molecule has 2 aromatic carbocycles. The lowest BCUT2D eigenvalue weighted by Crippen LogP contribution is -2.66. The van der Waals surface area contributed by atoms with E-state index in [2.05, 4.69) is 15.9 Å². The summed E-state index contributed by atoms with van der Waals surface area (Å²) in [4.78, 5) is 27.5. The number of aliphatic hydroxyl groups is 3. The Balaban J connectivity index is 1.86. The monoisotopic (exact) mass is 485 g/mol. The number of ether oxygens (including phenoxy) is 1. The van der Waals surface area contributed by atoms with Crippen molar-refractivity contribution < 1.29 is 29.6 Å². The van der Waals surface area contributed by atoms with Crippen molar-refractivity contribution >= 4 is 33.4 Å². The number of carbonyl (C=O) groups is 2. The highest BCUT2D eigenvalue weighted by molar-refractivity contribution is 9.10. The predicted octanol–water partition coefficient (Wildman–Crippen LogP) is 2.14. The molecule has 1 saturated heterocycles. The van der Waals surface area contributed by atoms with E-state index in [1.54, 1.807) is 36.4 Å². The quantitative estimate of drug-likeness (QED) is 0.452. The number of fused-ring (bicyclic) bond motifs is 2. The Morgan fingerprint density at radius 2 is 1.65 bits per heavy atom. The number of rotatable bonds is 4. The van der Waals surface area contributed by atoms with E-state index in [0.717, 1.165) is 9.37 Å². The minimum Gasteiger partial charge on any atom is -0.454 e. The van der Waals surface area contributed by atoms with Crippen molar-refractivity contribution in [1.82, 2.24) is 4.90 Å². The Hall–Kier alpha value is -2.52. The minimum atomic E-state index is -2.75. The third kappa shape index (κ3) is 2.23. The fraction of sp³-hybridized carbons (Fsp3) is 0.304.